The van der Waals surface area contributed by atoms with Crippen molar-refractivity contribution in [1.82, 2.24) is 0 Å². The average molecular weight is 286 g/mol. The molecule has 20 heavy (non-hydrogen) atoms. The highest BCUT2D eigenvalue weighted by molar-refractivity contribution is 6.31. The lowest BCUT2D eigenvalue weighted by Gasteiger charge is -2.26. The molecule has 3 heteroatoms. The van der Waals surface area contributed by atoms with Gasteiger partial charge in [-0.25, -0.2) is 0 Å². The molecule has 0 atom stereocenters. The van der Waals surface area contributed by atoms with E-state index in [1.54, 1.807) is 4.90 Å². The largest absolute Gasteiger partial charge is 0.280 e. The second-order valence-corrected chi connectivity index (χ2v) is 4.73. The molecule has 102 valence electrons. The number of benzene rings is 2. The maximum atomic E-state index is 12.2. The van der Waals surface area contributed by atoms with Crippen molar-refractivity contribution in [3.8, 4) is 0 Å². The van der Waals surface area contributed by atoms with Gasteiger partial charge >= 0.3 is 0 Å². The number of amides is 1. The number of para-hydroxylation sites is 1. The number of hydrogen-bond acceptors (Lipinski definition) is 1. The minimum Gasteiger partial charge on any atom is -0.280 e. The summed E-state index contributed by atoms with van der Waals surface area (Å²) in [5.74, 6) is -0.268. The normalized spacial score (nSPS) is 10.1. The van der Waals surface area contributed by atoms with E-state index in [-0.39, 0.29) is 11.8 Å². The number of hydrogen-bond donors (Lipinski definition) is 0. The monoisotopic (exact) mass is 285 g/mol. The lowest BCUT2D eigenvalue weighted by atomic mass is 10.1. The Hall–Kier alpha value is -2.06. The van der Waals surface area contributed by atoms with Gasteiger partial charge in [-0.05, 0) is 24.1 Å². The summed E-state index contributed by atoms with van der Waals surface area (Å²) in [7, 11) is 0. The van der Waals surface area contributed by atoms with Crippen molar-refractivity contribution in [1.29, 1.82) is 0 Å². The third-order valence-electron chi connectivity index (χ3n) is 3.10. The van der Waals surface area contributed by atoms with Gasteiger partial charge in [0.05, 0.1) is 5.69 Å². The van der Waals surface area contributed by atoms with Gasteiger partial charge in [-0.3, -0.25) is 9.69 Å². The molecule has 0 N–H and O–H groups in total. The quantitative estimate of drug-likeness (QED) is 0.770. The molecule has 1 amide bonds. The minimum absolute atomic E-state index is 0.0831. The number of alkyl halides is 1. The van der Waals surface area contributed by atoms with E-state index in [1.165, 1.54) is 0 Å². The molecule has 0 saturated heterocycles. The van der Waals surface area contributed by atoms with Crippen molar-refractivity contribution in [2.45, 2.75) is 6.92 Å². The first kappa shape index (κ1) is 14.4. The number of halogens is 1. The smallest absolute Gasteiger partial charge is 0.246 e. The Kier molecular flexibility index (Phi) is 4.59. The molecular weight excluding hydrogens is 270 g/mol. The number of nitrogens with zero attached hydrogens (tertiary/aromatic N) is 1. The zero-order valence-electron chi connectivity index (χ0n) is 11.3. The molecule has 0 bridgehead atoms. The lowest BCUT2D eigenvalue weighted by Crippen LogP contribution is -2.30. The molecule has 0 unspecified atom stereocenters. The highest BCUT2D eigenvalue weighted by Crippen LogP contribution is 2.28. The molecule has 0 fully saturated rings. The summed E-state index contributed by atoms with van der Waals surface area (Å²) in [6.45, 7) is 6.02. The van der Waals surface area contributed by atoms with Crippen LogP contribution in [0.15, 0.2) is 61.2 Å². The van der Waals surface area contributed by atoms with Crippen LogP contribution in [0.4, 0.5) is 5.69 Å². The topological polar surface area (TPSA) is 20.3 Å². The van der Waals surface area contributed by atoms with E-state index in [1.807, 2.05) is 61.5 Å². The fraction of sp³-hybridized carbons (Fsp3) is 0.118. The molecule has 0 aliphatic rings. The van der Waals surface area contributed by atoms with Crippen LogP contribution >= 0.6 is 11.6 Å². The first-order valence-electron chi connectivity index (χ1n) is 6.34. The zero-order valence-corrected chi connectivity index (χ0v) is 12.1. The maximum absolute atomic E-state index is 12.2. The van der Waals surface area contributed by atoms with Crippen molar-refractivity contribution in [2.75, 3.05) is 10.8 Å². The van der Waals surface area contributed by atoms with Gasteiger partial charge in [0, 0.05) is 5.70 Å². The van der Waals surface area contributed by atoms with Crippen molar-refractivity contribution < 1.29 is 4.79 Å². The van der Waals surface area contributed by atoms with Crippen LogP contribution in [0, 0.1) is 6.92 Å². The highest BCUT2D eigenvalue weighted by atomic mass is 35.5. The number of anilines is 1. The van der Waals surface area contributed by atoms with Crippen molar-refractivity contribution in [2.24, 2.45) is 0 Å². The molecular formula is C17H16ClNO. The molecule has 0 aliphatic carbocycles. The Morgan fingerprint density at radius 1 is 1.10 bits per heavy atom. The van der Waals surface area contributed by atoms with Crippen LogP contribution in [-0.2, 0) is 4.79 Å². The summed E-state index contributed by atoms with van der Waals surface area (Å²) < 4.78 is 0. The van der Waals surface area contributed by atoms with Crippen LogP contribution in [-0.4, -0.2) is 11.8 Å². The Morgan fingerprint density at radius 2 is 1.70 bits per heavy atom. The van der Waals surface area contributed by atoms with Gasteiger partial charge in [0.25, 0.3) is 0 Å². The number of aryl methyl sites for hydroxylation is 1. The van der Waals surface area contributed by atoms with Gasteiger partial charge in [0.1, 0.15) is 5.88 Å². The third kappa shape index (κ3) is 2.91. The predicted octanol–water partition coefficient (Wildman–Crippen LogP) is 4.24. The van der Waals surface area contributed by atoms with E-state index < -0.39 is 0 Å². The van der Waals surface area contributed by atoms with Crippen molar-refractivity contribution >= 4 is 28.9 Å². The van der Waals surface area contributed by atoms with E-state index in [0.717, 1.165) is 16.8 Å². The van der Waals surface area contributed by atoms with Gasteiger partial charge in [0.2, 0.25) is 5.91 Å². The van der Waals surface area contributed by atoms with E-state index in [0.29, 0.717) is 5.70 Å². The summed E-state index contributed by atoms with van der Waals surface area (Å²) in [6.07, 6.45) is 0. The molecule has 0 spiro atoms. The number of carbonyl (C=O) groups is 1. The van der Waals surface area contributed by atoms with E-state index in [4.69, 9.17) is 11.6 Å². The Labute approximate surface area is 124 Å². The summed E-state index contributed by atoms with van der Waals surface area (Å²) in [6, 6.07) is 17.3. The fourth-order valence-electron chi connectivity index (χ4n) is 2.06. The highest BCUT2D eigenvalue weighted by Gasteiger charge is 2.20. The van der Waals surface area contributed by atoms with Gasteiger partial charge in [0.15, 0.2) is 0 Å². The lowest BCUT2D eigenvalue weighted by molar-refractivity contribution is -0.115. The molecule has 0 heterocycles. The molecule has 2 rings (SSSR count). The second kappa shape index (κ2) is 6.40. The number of rotatable bonds is 4. The molecule has 0 aromatic heterocycles. The first-order chi connectivity index (χ1) is 9.65. The Morgan fingerprint density at radius 3 is 2.30 bits per heavy atom. The van der Waals surface area contributed by atoms with Crippen LogP contribution in [0.3, 0.4) is 0 Å². The third-order valence-corrected chi connectivity index (χ3v) is 3.33. The minimum atomic E-state index is -0.185. The van der Waals surface area contributed by atoms with Gasteiger partial charge in [-0.2, -0.15) is 0 Å². The Balaban J connectivity index is 2.47. The van der Waals surface area contributed by atoms with Crippen LogP contribution in [0.5, 0.6) is 0 Å². The van der Waals surface area contributed by atoms with Gasteiger partial charge < -0.3 is 0 Å². The fourth-order valence-corrected chi connectivity index (χ4v) is 2.18. The molecule has 2 aromatic rings. The molecule has 0 saturated carbocycles. The van der Waals surface area contributed by atoms with Crippen LogP contribution < -0.4 is 4.90 Å². The molecule has 2 nitrogen and oxygen atoms in total. The summed E-state index contributed by atoms with van der Waals surface area (Å²) in [4.78, 5) is 13.8. The molecule has 0 radical (unpaired) electrons. The number of carbonyl (C=O) groups excluding carboxylic acids is 1. The maximum Gasteiger partial charge on any atom is 0.246 e. The summed E-state index contributed by atoms with van der Waals surface area (Å²) in [5.41, 5.74) is 3.34. The standard InChI is InChI=1S/C17H16ClNO/c1-13-8-6-7-11-16(13)19(17(20)12-18)14(2)15-9-4-3-5-10-15/h3-11H,2,12H2,1H3. The molecule has 0 aliphatic heterocycles. The van der Waals surface area contributed by atoms with Gasteiger partial charge in [-0.1, -0.05) is 55.1 Å². The van der Waals surface area contributed by atoms with E-state index in [2.05, 4.69) is 6.58 Å². The van der Waals surface area contributed by atoms with Gasteiger partial charge in [-0.15, -0.1) is 11.6 Å². The van der Waals surface area contributed by atoms with E-state index in [9.17, 15) is 4.79 Å². The molecule has 2 aromatic carbocycles. The zero-order chi connectivity index (χ0) is 14.5. The van der Waals surface area contributed by atoms with Crippen molar-refractivity contribution in [3.05, 3.63) is 72.3 Å². The van der Waals surface area contributed by atoms with Crippen LogP contribution in [0.25, 0.3) is 5.70 Å². The average Bonchev–Trinajstić information content (AvgIpc) is 2.50. The van der Waals surface area contributed by atoms with Crippen molar-refractivity contribution in [3.63, 3.8) is 0 Å². The van der Waals surface area contributed by atoms with E-state index >= 15 is 0 Å². The van der Waals surface area contributed by atoms with Crippen LogP contribution in [0.2, 0.25) is 0 Å². The first-order valence-corrected chi connectivity index (χ1v) is 6.87. The summed E-state index contributed by atoms with van der Waals surface area (Å²) >= 11 is 5.75. The SMILES string of the molecule is C=C(c1ccccc1)N(C(=O)CCl)c1ccccc1C. The Bertz CT molecular complexity index is 622. The van der Waals surface area contributed by atoms with Crippen LogP contribution in [0.1, 0.15) is 11.1 Å². The summed E-state index contributed by atoms with van der Waals surface area (Å²) in [5, 5.41) is 0. The predicted molar refractivity (Wildman–Crippen MR) is 84.9 cm³/mol. The second-order valence-electron chi connectivity index (χ2n) is 4.46.